The summed E-state index contributed by atoms with van der Waals surface area (Å²) in [5.74, 6) is 3.54. The van der Waals surface area contributed by atoms with Crippen molar-refractivity contribution < 1.29 is 49.0 Å². The number of nitrogens with zero attached hydrogens (tertiary/aromatic N) is 1. The van der Waals surface area contributed by atoms with Crippen LogP contribution in [0.1, 0.15) is 79.3 Å². The van der Waals surface area contributed by atoms with E-state index in [1.54, 1.807) is 0 Å². The standard InChI is InChI=1S/C34H34NO.C22H23O.2BF3.2FH/c1-6-25-16-20-27(21-17-25)32-23-28(26-18-14-24(2)15-19-26)22-29(36-32)10-9-13-33-34(3,4)30-11-7-8-12-31(30)35(33)5;1-4-17-6-10-19(11-7-17)21-14-16(3)23-22(15-21)20-12-8-18(5-2)9-13-20;2*2-1(3)4;;/h7-23H,6H2,1-5H3;6-15H,4-5H2,1-3H3;;;2*1H/q2*+1;;;;/p-2. The molecule has 0 saturated heterocycles. The summed E-state index contributed by atoms with van der Waals surface area (Å²) in [6, 6.07) is 47.6. The molecule has 0 radical (unpaired) electrons. The van der Waals surface area contributed by atoms with Gasteiger partial charge in [-0.25, -0.2) is 4.42 Å². The Kier molecular flexibility index (Phi) is 21.9. The molecule has 0 fully saturated rings. The zero-order valence-electron chi connectivity index (χ0n) is 40.2. The molecule has 3 nitrogen and oxygen atoms in total. The second-order valence-electron chi connectivity index (χ2n) is 16.6. The van der Waals surface area contributed by atoms with E-state index < -0.39 is 15.1 Å². The second kappa shape index (κ2) is 26.7. The van der Waals surface area contributed by atoms with Crippen molar-refractivity contribution in [2.75, 3.05) is 7.05 Å². The zero-order valence-corrected chi connectivity index (χ0v) is 40.2. The van der Waals surface area contributed by atoms with Gasteiger partial charge in [0.2, 0.25) is 5.69 Å². The molecule has 3 heterocycles. The fraction of sp³-hybridized carbons (Fsp3) is 0.214. The van der Waals surface area contributed by atoms with Gasteiger partial charge < -0.3 is 14.1 Å². The summed E-state index contributed by atoms with van der Waals surface area (Å²) < 4.78 is 72.6. The van der Waals surface area contributed by atoms with Crippen LogP contribution in [-0.4, -0.2) is 32.4 Å². The van der Waals surface area contributed by atoms with Crippen LogP contribution in [0, 0.1) is 13.8 Å². The van der Waals surface area contributed by atoms with Gasteiger partial charge in [-0.15, -0.1) is 0 Å². The first kappa shape index (κ1) is 56.6. The van der Waals surface area contributed by atoms with E-state index in [9.17, 15) is 25.9 Å². The summed E-state index contributed by atoms with van der Waals surface area (Å²) in [4.78, 5) is 0. The van der Waals surface area contributed by atoms with Gasteiger partial charge in [0.15, 0.2) is 5.71 Å². The number of halogens is 8. The summed E-state index contributed by atoms with van der Waals surface area (Å²) in [6.07, 6.45) is 13.8. The number of allylic oxidation sites excluding steroid dienone is 6. The van der Waals surface area contributed by atoms with Gasteiger partial charge >= 0.3 is 26.6 Å². The summed E-state index contributed by atoms with van der Waals surface area (Å²) in [7, 11) is -5.19. The summed E-state index contributed by atoms with van der Waals surface area (Å²) in [5, 5.41) is 0. The van der Waals surface area contributed by atoms with Gasteiger partial charge in [-0.1, -0.05) is 136 Å². The second-order valence-corrected chi connectivity index (χ2v) is 16.6. The molecular weight excluding hydrogens is 892 g/mol. The van der Waals surface area contributed by atoms with Gasteiger partial charge in [-0.2, -0.15) is 4.58 Å². The summed E-state index contributed by atoms with van der Waals surface area (Å²) in [6.45, 7) is 15.2. The Morgan fingerprint density at radius 3 is 1.58 bits per heavy atom. The third-order valence-electron chi connectivity index (χ3n) is 11.6. The van der Waals surface area contributed by atoms with Crippen molar-refractivity contribution in [2.24, 2.45) is 0 Å². The minimum atomic E-state index is -3.67. The Labute approximate surface area is 402 Å². The number of hydrogen-bond acceptors (Lipinski definition) is 1. The summed E-state index contributed by atoms with van der Waals surface area (Å²) >= 11 is 0. The maximum atomic E-state index is 9.67. The first-order valence-corrected chi connectivity index (χ1v) is 22.4. The van der Waals surface area contributed by atoms with Crippen LogP contribution >= 0.6 is 0 Å². The van der Waals surface area contributed by atoms with E-state index >= 15 is 0 Å². The number of rotatable bonds is 9. The molecule has 0 aliphatic carbocycles. The third-order valence-corrected chi connectivity index (χ3v) is 11.6. The Morgan fingerprint density at radius 2 is 1.07 bits per heavy atom. The molecule has 5 aromatic carbocycles. The molecule has 0 atom stereocenters. The first-order chi connectivity index (χ1) is 32.0. The monoisotopic (exact) mass is 949 g/mol. The lowest BCUT2D eigenvalue weighted by Gasteiger charge is -2.18. The highest BCUT2D eigenvalue weighted by Crippen LogP contribution is 2.39. The van der Waals surface area contributed by atoms with Gasteiger partial charge in [-0.3, -0.25) is 25.9 Å². The Hall–Kier alpha value is -6.75. The molecule has 69 heavy (non-hydrogen) atoms. The van der Waals surface area contributed by atoms with Crippen molar-refractivity contribution in [3.05, 3.63) is 214 Å². The molecule has 0 amide bonds. The molecule has 0 unspecified atom stereocenters. The molecule has 360 valence electrons. The fourth-order valence-electron chi connectivity index (χ4n) is 7.88. The first-order valence-electron chi connectivity index (χ1n) is 22.4. The molecule has 6 aromatic rings. The normalized spacial score (nSPS) is 13.6. The molecule has 13 heteroatoms. The molecule has 0 N–H and O–H groups in total. The molecule has 0 bridgehead atoms. The molecule has 1 aromatic heterocycles. The highest BCUT2D eigenvalue weighted by atomic mass is 19.4. The Bertz CT molecular complexity index is 2650. The lowest BCUT2D eigenvalue weighted by molar-refractivity contribution is -0.401. The zero-order chi connectivity index (χ0) is 48.7. The SMILES string of the molecule is CCc1ccc(-c2cc(C)[o+]c(-c3ccc(CC)cc3)c2)cc1.CCc1ccc(C2=CC(c3ccc(C)cc3)=CC(=CC=CC3=[N+](C)c4ccccc4C3(C)C)O2)cc1.FB(F)F.FB(F)F.[F-].[F-]. The van der Waals surface area contributed by atoms with Gasteiger partial charge in [-0.05, 0) is 104 Å². The van der Waals surface area contributed by atoms with E-state index in [1.807, 2.05) is 6.92 Å². The Morgan fingerprint density at radius 1 is 0.594 bits per heavy atom. The van der Waals surface area contributed by atoms with Crippen LogP contribution in [0.2, 0.25) is 0 Å². The number of para-hydroxylation sites is 1. The maximum absolute atomic E-state index is 9.67. The fourth-order valence-corrected chi connectivity index (χ4v) is 7.88. The number of hydrogen-bond donors (Lipinski definition) is 0. The van der Waals surface area contributed by atoms with Crippen molar-refractivity contribution in [1.82, 2.24) is 0 Å². The van der Waals surface area contributed by atoms with Gasteiger partial charge in [0.05, 0.1) is 24.0 Å². The Balaban J connectivity index is 0.000000328. The summed E-state index contributed by atoms with van der Waals surface area (Å²) in [5.41, 5.74) is 16.1. The van der Waals surface area contributed by atoms with Crippen LogP contribution in [0.5, 0.6) is 0 Å². The van der Waals surface area contributed by atoms with Crippen molar-refractivity contribution in [3.63, 3.8) is 0 Å². The van der Waals surface area contributed by atoms with E-state index in [2.05, 4.69) is 217 Å². The van der Waals surface area contributed by atoms with E-state index in [-0.39, 0.29) is 14.8 Å². The van der Waals surface area contributed by atoms with Crippen molar-refractivity contribution in [2.45, 2.75) is 73.1 Å². The van der Waals surface area contributed by atoms with E-state index in [0.29, 0.717) is 0 Å². The lowest BCUT2D eigenvalue weighted by atomic mass is 9.81. The predicted octanol–water partition coefficient (Wildman–Crippen LogP) is 10.3. The average molecular weight is 950 g/mol. The van der Waals surface area contributed by atoms with E-state index in [1.165, 1.54) is 55.9 Å². The van der Waals surface area contributed by atoms with Crippen molar-refractivity contribution >= 4 is 37.8 Å². The largest absolute Gasteiger partial charge is 1.00 e. The molecular formula is C56H57B2F8NO2. The maximum Gasteiger partial charge on any atom is 0.762 e. The van der Waals surface area contributed by atoms with Gasteiger partial charge in [0.25, 0.3) is 0 Å². The van der Waals surface area contributed by atoms with Crippen LogP contribution in [0.15, 0.2) is 174 Å². The van der Waals surface area contributed by atoms with E-state index in [0.717, 1.165) is 59.0 Å². The predicted molar refractivity (Wildman–Crippen MR) is 267 cm³/mol. The van der Waals surface area contributed by atoms with Crippen molar-refractivity contribution in [1.29, 1.82) is 0 Å². The molecule has 0 saturated carbocycles. The molecule has 8 rings (SSSR count). The molecule has 2 aliphatic rings. The number of ether oxygens (including phenoxy) is 1. The highest BCUT2D eigenvalue weighted by molar-refractivity contribution is 6.33. The number of fused-ring (bicyclic) bond motifs is 1. The van der Waals surface area contributed by atoms with Crippen LogP contribution in [-0.2, 0) is 29.4 Å². The van der Waals surface area contributed by atoms with Crippen LogP contribution < -0.4 is 9.41 Å². The number of benzene rings is 5. The van der Waals surface area contributed by atoms with E-state index in [4.69, 9.17) is 9.15 Å². The number of aryl methyl sites for hydroxylation is 5. The smallest absolute Gasteiger partial charge is 0.762 e. The van der Waals surface area contributed by atoms with Gasteiger partial charge in [0.1, 0.15) is 18.6 Å². The quantitative estimate of drug-likeness (QED) is 0.0624. The highest BCUT2D eigenvalue weighted by Gasteiger charge is 2.42. The molecule has 2 aliphatic heterocycles. The van der Waals surface area contributed by atoms with Crippen LogP contribution in [0.25, 0.3) is 33.8 Å². The van der Waals surface area contributed by atoms with Crippen molar-refractivity contribution in [3.8, 4) is 22.5 Å². The minimum absolute atomic E-state index is 0. The third kappa shape index (κ3) is 15.9. The minimum Gasteiger partial charge on any atom is -1.00 e. The molecule has 0 spiro atoms. The lowest BCUT2D eigenvalue weighted by Crippen LogP contribution is -3.00. The topological polar surface area (TPSA) is 23.5 Å². The van der Waals surface area contributed by atoms with Crippen LogP contribution in [0.3, 0.4) is 0 Å². The average Bonchev–Trinajstić information content (AvgIpc) is 3.51. The van der Waals surface area contributed by atoms with Gasteiger partial charge in [0, 0.05) is 34.9 Å². The van der Waals surface area contributed by atoms with Crippen LogP contribution in [0.4, 0.5) is 31.6 Å².